The molecular weight excluding hydrogens is 386 g/mol. The third-order valence-electron chi connectivity index (χ3n) is 4.77. The number of ketones is 1. The van der Waals surface area contributed by atoms with Crippen LogP contribution in [0.3, 0.4) is 0 Å². The lowest BCUT2D eigenvalue weighted by atomic mass is 10.0. The summed E-state index contributed by atoms with van der Waals surface area (Å²) in [5.41, 5.74) is 2.24. The van der Waals surface area contributed by atoms with E-state index in [2.05, 4.69) is 4.98 Å². The molecule has 7 heteroatoms. The van der Waals surface area contributed by atoms with Gasteiger partial charge < -0.3 is 18.9 Å². The molecule has 0 saturated carbocycles. The number of carbonyl (C=O) groups excluding carboxylic acids is 2. The second kappa shape index (κ2) is 7.04. The number of aryl methyl sites for hydroxylation is 1. The summed E-state index contributed by atoms with van der Waals surface area (Å²) in [6.07, 6.45) is 4.93. The zero-order chi connectivity index (χ0) is 20.7. The van der Waals surface area contributed by atoms with Gasteiger partial charge in [-0.1, -0.05) is 0 Å². The van der Waals surface area contributed by atoms with E-state index in [4.69, 9.17) is 18.9 Å². The SMILES string of the molecule is Cc1cc(OC(=O)c2ccc3c(c2)OCO3)cc2c1C(=O)C(=Cc1ccncc1)O2. The Labute approximate surface area is 171 Å². The maximum absolute atomic E-state index is 12.7. The number of rotatable bonds is 3. The molecule has 0 fully saturated rings. The Hall–Kier alpha value is -4.13. The molecule has 0 aliphatic carbocycles. The molecule has 0 bridgehead atoms. The quantitative estimate of drug-likeness (QED) is 0.373. The number of pyridine rings is 1. The van der Waals surface area contributed by atoms with Gasteiger partial charge in [0, 0.05) is 18.5 Å². The van der Waals surface area contributed by atoms with Gasteiger partial charge >= 0.3 is 5.97 Å². The van der Waals surface area contributed by atoms with Crippen LogP contribution < -0.4 is 18.9 Å². The van der Waals surface area contributed by atoms with Gasteiger partial charge in [-0.3, -0.25) is 9.78 Å². The van der Waals surface area contributed by atoms with Crippen molar-refractivity contribution in [1.29, 1.82) is 0 Å². The van der Waals surface area contributed by atoms with Gasteiger partial charge in [0.1, 0.15) is 11.5 Å². The number of esters is 1. The van der Waals surface area contributed by atoms with Crippen LogP contribution in [0.4, 0.5) is 0 Å². The highest BCUT2D eigenvalue weighted by Gasteiger charge is 2.30. The van der Waals surface area contributed by atoms with Crippen LogP contribution in [0.5, 0.6) is 23.0 Å². The first-order chi connectivity index (χ1) is 14.6. The van der Waals surface area contributed by atoms with E-state index in [1.54, 1.807) is 67.9 Å². The summed E-state index contributed by atoms with van der Waals surface area (Å²) >= 11 is 0. The van der Waals surface area contributed by atoms with Crippen molar-refractivity contribution in [3.63, 3.8) is 0 Å². The second-order valence-corrected chi connectivity index (χ2v) is 6.79. The Morgan fingerprint density at radius 2 is 1.83 bits per heavy atom. The zero-order valence-corrected chi connectivity index (χ0v) is 15.9. The van der Waals surface area contributed by atoms with Crippen molar-refractivity contribution < 1.29 is 28.5 Å². The molecule has 0 radical (unpaired) electrons. The highest BCUT2D eigenvalue weighted by molar-refractivity contribution is 6.15. The standard InChI is InChI=1S/C23H15NO6/c1-13-8-16(29-23(26)15-2-3-17-18(10-15)28-12-27-17)11-19-21(13)22(25)20(30-19)9-14-4-6-24-7-5-14/h2-11H,12H2,1H3. The number of nitrogens with zero attached hydrogens (tertiary/aromatic N) is 1. The van der Waals surface area contributed by atoms with Crippen molar-refractivity contribution in [2.75, 3.05) is 6.79 Å². The van der Waals surface area contributed by atoms with Crippen LogP contribution in [0, 0.1) is 6.92 Å². The molecule has 5 rings (SSSR count). The third-order valence-corrected chi connectivity index (χ3v) is 4.77. The van der Waals surface area contributed by atoms with Crippen LogP contribution in [-0.4, -0.2) is 23.5 Å². The van der Waals surface area contributed by atoms with Gasteiger partial charge in [0.2, 0.25) is 12.6 Å². The molecule has 3 heterocycles. The average molecular weight is 401 g/mol. The number of carbonyl (C=O) groups is 2. The molecular formula is C23H15NO6. The molecule has 3 aromatic rings. The maximum Gasteiger partial charge on any atom is 0.343 e. The molecule has 7 nitrogen and oxygen atoms in total. The number of benzene rings is 2. The molecule has 0 N–H and O–H groups in total. The van der Waals surface area contributed by atoms with E-state index in [-0.39, 0.29) is 24.1 Å². The summed E-state index contributed by atoms with van der Waals surface area (Å²) in [5, 5.41) is 0. The van der Waals surface area contributed by atoms with Crippen molar-refractivity contribution in [2.45, 2.75) is 6.92 Å². The van der Waals surface area contributed by atoms with Gasteiger partial charge in [0.15, 0.2) is 17.3 Å². The number of allylic oxidation sites excluding steroid dienone is 1. The summed E-state index contributed by atoms with van der Waals surface area (Å²) in [4.78, 5) is 29.3. The van der Waals surface area contributed by atoms with Gasteiger partial charge in [0.25, 0.3) is 0 Å². The summed E-state index contributed by atoms with van der Waals surface area (Å²) in [6.45, 7) is 1.89. The van der Waals surface area contributed by atoms with Crippen molar-refractivity contribution in [2.24, 2.45) is 0 Å². The Balaban J connectivity index is 1.40. The van der Waals surface area contributed by atoms with Crippen molar-refractivity contribution >= 4 is 17.8 Å². The number of hydrogen-bond donors (Lipinski definition) is 0. The fourth-order valence-corrected chi connectivity index (χ4v) is 3.34. The Bertz CT molecular complexity index is 1220. The van der Waals surface area contributed by atoms with Gasteiger partial charge in [-0.05, 0) is 60.5 Å². The lowest BCUT2D eigenvalue weighted by Crippen LogP contribution is -2.08. The Morgan fingerprint density at radius 1 is 1.03 bits per heavy atom. The molecule has 1 aromatic heterocycles. The van der Waals surface area contributed by atoms with E-state index in [0.29, 0.717) is 33.9 Å². The van der Waals surface area contributed by atoms with Crippen molar-refractivity contribution in [3.05, 3.63) is 82.9 Å². The number of hydrogen-bond acceptors (Lipinski definition) is 7. The van der Waals surface area contributed by atoms with Crippen LogP contribution in [0.1, 0.15) is 31.8 Å². The molecule has 2 aliphatic heterocycles. The van der Waals surface area contributed by atoms with E-state index < -0.39 is 5.97 Å². The van der Waals surface area contributed by atoms with Crippen LogP contribution in [-0.2, 0) is 0 Å². The predicted octanol–water partition coefficient (Wildman–Crippen LogP) is 3.95. The average Bonchev–Trinajstić information content (AvgIpc) is 3.33. The monoisotopic (exact) mass is 401 g/mol. The van der Waals surface area contributed by atoms with Gasteiger partial charge in [-0.2, -0.15) is 0 Å². The van der Waals surface area contributed by atoms with Crippen LogP contribution in [0.15, 0.2) is 60.6 Å². The first-order valence-electron chi connectivity index (χ1n) is 9.19. The fourth-order valence-electron chi connectivity index (χ4n) is 3.34. The fraction of sp³-hybridized carbons (Fsp3) is 0.0870. The molecule has 0 atom stereocenters. The molecule has 2 aliphatic rings. The largest absolute Gasteiger partial charge is 0.454 e. The molecule has 0 saturated heterocycles. The van der Waals surface area contributed by atoms with E-state index in [9.17, 15) is 9.59 Å². The first kappa shape index (κ1) is 17.9. The van der Waals surface area contributed by atoms with E-state index in [0.717, 1.165) is 5.56 Å². The van der Waals surface area contributed by atoms with E-state index in [1.165, 1.54) is 0 Å². The highest BCUT2D eigenvalue weighted by atomic mass is 16.7. The lowest BCUT2D eigenvalue weighted by Gasteiger charge is -2.08. The maximum atomic E-state index is 12.7. The number of fused-ring (bicyclic) bond motifs is 2. The minimum Gasteiger partial charge on any atom is -0.454 e. The van der Waals surface area contributed by atoms with Crippen molar-refractivity contribution in [1.82, 2.24) is 4.98 Å². The number of aromatic nitrogens is 1. The number of Topliss-reactive ketones (excluding diaryl/α,β-unsaturated/α-hetero) is 1. The predicted molar refractivity (Wildman–Crippen MR) is 106 cm³/mol. The topological polar surface area (TPSA) is 84.0 Å². The summed E-state index contributed by atoms with van der Waals surface area (Å²) < 4.78 is 21.8. The first-order valence-corrected chi connectivity index (χ1v) is 9.19. The normalized spacial score (nSPS) is 15.1. The molecule has 0 amide bonds. The third kappa shape index (κ3) is 3.16. The molecule has 0 unspecified atom stereocenters. The van der Waals surface area contributed by atoms with Gasteiger partial charge in [0.05, 0.1) is 11.1 Å². The lowest BCUT2D eigenvalue weighted by molar-refractivity contribution is 0.0734. The second-order valence-electron chi connectivity index (χ2n) is 6.79. The molecule has 0 spiro atoms. The van der Waals surface area contributed by atoms with E-state index >= 15 is 0 Å². The smallest absolute Gasteiger partial charge is 0.343 e. The summed E-state index contributed by atoms with van der Waals surface area (Å²) in [5.74, 6) is 1.16. The molecule has 148 valence electrons. The summed E-state index contributed by atoms with van der Waals surface area (Å²) in [7, 11) is 0. The van der Waals surface area contributed by atoms with Crippen LogP contribution in [0.25, 0.3) is 6.08 Å². The van der Waals surface area contributed by atoms with Crippen LogP contribution >= 0.6 is 0 Å². The van der Waals surface area contributed by atoms with Gasteiger partial charge in [-0.25, -0.2) is 4.79 Å². The highest BCUT2D eigenvalue weighted by Crippen LogP contribution is 2.38. The molecule has 30 heavy (non-hydrogen) atoms. The molecule has 2 aromatic carbocycles. The Kier molecular flexibility index (Phi) is 4.21. The number of ether oxygens (including phenoxy) is 4. The van der Waals surface area contributed by atoms with Crippen LogP contribution in [0.2, 0.25) is 0 Å². The summed E-state index contributed by atoms with van der Waals surface area (Å²) in [6, 6.07) is 11.6. The minimum atomic E-state index is -0.551. The Morgan fingerprint density at radius 3 is 2.67 bits per heavy atom. The van der Waals surface area contributed by atoms with E-state index in [1.807, 2.05) is 0 Å². The zero-order valence-electron chi connectivity index (χ0n) is 15.9. The van der Waals surface area contributed by atoms with Gasteiger partial charge in [-0.15, -0.1) is 0 Å². The van der Waals surface area contributed by atoms with Crippen molar-refractivity contribution in [3.8, 4) is 23.0 Å². The minimum absolute atomic E-state index is 0.124.